The molecule has 1 fully saturated rings. The van der Waals surface area contributed by atoms with E-state index in [1.807, 2.05) is 4.90 Å². The largest absolute Gasteiger partial charge is 0.385 e. The van der Waals surface area contributed by atoms with Crippen molar-refractivity contribution >= 4 is 11.8 Å². The second-order valence-corrected chi connectivity index (χ2v) is 5.54. The molecule has 1 saturated heterocycles. The number of amides is 2. The molecule has 0 bridgehead atoms. The molecule has 0 radical (unpaired) electrons. The van der Waals surface area contributed by atoms with Gasteiger partial charge < -0.3 is 15.0 Å². The van der Waals surface area contributed by atoms with E-state index in [9.17, 15) is 9.59 Å². The number of carbonyl (C=O) groups is 2. The van der Waals surface area contributed by atoms with E-state index in [0.717, 1.165) is 32.4 Å². The summed E-state index contributed by atoms with van der Waals surface area (Å²) in [6.07, 6.45) is 4.08. The van der Waals surface area contributed by atoms with E-state index in [2.05, 4.69) is 5.32 Å². The van der Waals surface area contributed by atoms with Crippen LogP contribution >= 0.6 is 0 Å². The predicted octanol–water partition coefficient (Wildman–Crippen LogP) is 2.08. The summed E-state index contributed by atoms with van der Waals surface area (Å²) in [6, 6.07) is 6.96. The minimum absolute atomic E-state index is 0.0220. The average Bonchev–Trinajstić information content (AvgIpc) is 2.59. The molecule has 1 aromatic carbocycles. The van der Waals surface area contributed by atoms with Crippen LogP contribution in [0.4, 0.5) is 0 Å². The smallest absolute Gasteiger partial charge is 0.253 e. The van der Waals surface area contributed by atoms with Crippen molar-refractivity contribution in [3.05, 3.63) is 35.4 Å². The predicted molar refractivity (Wildman–Crippen MR) is 85.0 cm³/mol. The molecule has 2 rings (SSSR count). The summed E-state index contributed by atoms with van der Waals surface area (Å²) in [5.41, 5.74) is 1.12. The van der Waals surface area contributed by atoms with Crippen LogP contribution in [-0.4, -0.2) is 50.1 Å². The first-order valence-corrected chi connectivity index (χ1v) is 7.89. The van der Waals surface area contributed by atoms with Crippen molar-refractivity contribution in [2.75, 3.05) is 33.4 Å². The summed E-state index contributed by atoms with van der Waals surface area (Å²) in [5.74, 6) is -0.127. The zero-order chi connectivity index (χ0) is 15.8. The standard InChI is InChI=1S/C17H24N2O3/c1-22-12-6-9-18-16(20)14-7-5-8-15(13-14)17(21)19-10-3-2-4-11-19/h5,7-8,13H,2-4,6,9-12H2,1H3,(H,18,20). The molecule has 0 saturated carbocycles. The van der Waals surface area contributed by atoms with Crippen molar-refractivity contribution < 1.29 is 14.3 Å². The highest BCUT2D eigenvalue weighted by atomic mass is 16.5. The third-order valence-electron chi connectivity index (χ3n) is 3.83. The van der Waals surface area contributed by atoms with E-state index < -0.39 is 0 Å². The van der Waals surface area contributed by atoms with Crippen molar-refractivity contribution in [3.63, 3.8) is 0 Å². The van der Waals surface area contributed by atoms with Crippen LogP contribution in [-0.2, 0) is 4.74 Å². The van der Waals surface area contributed by atoms with Gasteiger partial charge in [-0.25, -0.2) is 0 Å². The van der Waals surface area contributed by atoms with E-state index in [4.69, 9.17) is 4.74 Å². The van der Waals surface area contributed by atoms with Crippen LogP contribution < -0.4 is 5.32 Å². The summed E-state index contributed by atoms with van der Waals surface area (Å²) in [5, 5.41) is 2.84. The fourth-order valence-corrected chi connectivity index (χ4v) is 2.59. The summed E-state index contributed by atoms with van der Waals surface area (Å²) in [4.78, 5) is 26.4. The molecule has 22 heavy (non-hydrogen) atoms. The molecular weight excluding hydrogens is 280 g/mol. The molecule has 0 spiro atoms. The molecule has 1 aliphatic heterocycles. The molecule has 1 N–H and O–H groups in total. The lowest BCUT2D eigenvalue weighted by Gasteiger charge is -2.26. The van der Waals surface area contributed by atoms with Gasteiger partial charge in [-0.3, -0.25) is 9.59 Å². The van der Waals surface area contributed by atoms with Crippen LogP contribution in [0.25, 0.3) is 0 Å². The Balaban J connectivity index is 1.96. The lowest BCUT2D eigenvalue weighted by molar-refractivity contribution is 0.0724. The van der Waals surface area contributed by atoms with Crippen LogP contribution in [0.1, 0.15) is 46.4 Å². The van der Waals surface area contributed by atoms with Gasteiger partial charge in [-0.15, -0.1) is 0 Å². The molecule has 1 heterocycles. The number of benzene rings is 1. The molecule has 1 aromatic rings. The minimum Gasteiger partial charge on any atom is -0.385 e. The second kappa shape index (κ2) is 8.54. The van der Waals surface area contributed by atoms with Crippen molar-refractivity contribution in [2.24, 2.45) is 0 Å². The lowest BCUT2D eigenvalue weighted by atomic mass is 10.1. The number of likely N-dealkylation sites (tertiary alicyclic amines) is 1. The third kappa shape index (κ3) is 4.56. The maximum absolute atomic E-state index is 12.5. The average molecular weight is 304 g/mol. The van der Waals surface area contributed by atoms with Gasteiger partial charge in [0.2, 0.25) is 0 Å². The van der Waals surface area contributed by atoms with Crippen LogP contribution in [0.5, 0.6) is 0 Å². The van der Waals surface area contributed by atoms with Crippen LogP contribution in [0.15, 0.2) is 24.3 Å². The lowest BCUT2D eigenvalue weighted by Crippen LogP contribution is -2.35. The normalized spacial score (nSPS) is 14.7. The Hall–Kier alpha value is -1.88. The Kier molecular flexibility index (Phi) is 6.40. The Morgan fingerprint density at radius 2 is 1.91 bits per heavy atom. The number of ether oxygens (including phenoxy) is 1. The Morgan fingerprint density at radius 3 is 2.64 bits per heavy atom. The van der Waals surface area contributed by atoms with Gasteiger partial charge in [-0.1, -0.05) is 6.07 Å². The van der Waals surface area contributed by atoms with Crippen LogP contribution in [0.2, 0.25) is 0 Å². The van der Waals surface area contributed by atoms with E-state index in [0.29, 0.717) is 24.3 Å². The van der Waals surface area contributed by atoms with Gasteiger partial charge in [0, 0.05) is 44.5 Å². The SMILES string of the molecule is COCCCNC(=O)c1cccc(C(=O)N2CCCCC2)c1. The Morgan fingerprint density at radius 1 is 1.18 bits per heavy atom. The quantitative estimate of drug-likeness (QED) is 0.819. The fourth-order valence-electron chi connectivity index (χ4n) is 2.59. The Bertz CT molecular complexity index is 510. The highest BCUT2D eigenvalue weighted by Gasteiger charge is 2.19. The first kappa shape index (κ1) is 16.5. The number of rotatable bonds is 6. The monoisotopic (exact) mass is 304 g/mol. The van der Waals surface area contributed by atoms with Gasteiger partial charge in [0.1, 0.15) is 0 Å². The molecule has 2 amide bonds. The number of piperidine rings is 1. The highest BCUT2D eigenvalue weighted by molar-refractivity contribution is 5.99. The molecule has 120 valence electrons. The van der Waals surface area contributed by atoms with Gasteiger partial charge in [0.05, 0.1) is 0 Å². The number of hydrogen-bond donors (Lipinski definition) is 1. The van der Waals surface area contributed by atoms with Crippen molar-refractivity contribution in [1.82, 2.24) is 10.2 Å². The maximum atomic E-state index is 12.5. The van der Waals surface area contributed by atoms with Gasteiger partial charge in [-0.2, -0.15) is 0 Å². The summed E-state index contributed by atoms with van der Waals surface area (Å²) in [7, 11) is 1.64. The summed E-state index contributed by atoms with van der Waals surface area (Å²) >= 11 is 0. The van der Waals surface area contributed by atoms with E-state index in [1.54, 1.807) is 31.4 Å². The fraction of sp³-hybridized carbons (Fsp3) is 0.529. The number of nitrogens with one attached hydrogen (secondary N) is 1. The number of hydrogen-bond acceptors (Lipinski definition) is 3. The topological polar surface area (TPSA) is 58.6 Å². The molecule has 0 aliphatic carbocycles. The molecular formula is C17H24N2O3. The van der Waals surface area contributed by atoms with Gasteiger partial charge >= 0.3 is 0 Å². The van der Waals surface area contributed by atoms with Crippen molar-refractivity contribution in [3.8, 4) is 0 Å². The molecule has 0 unspecified atom stereocenters. The third-order valence-corrected chi connectivity index (χ3v) is 3.83. The first-order valence-electron chi connectivity index (χ1n) is 7.89. The zero-order valence-corrected chi connectivity index (χ0v) is 13.1. The number of nitrogens with zero attached hydrogens (tertiary/aromatic N) is 1. The van der Waals surface area contributed by atoms with E-state index >= 15 is 0 Å². The molecule has 0 aromatic heterocycles. The van der Waals surface area contributed by atoms with Crippen LogP contribution in [0.3, 0.4) is 0 Å². The van der Waals surface area contributed by atoms with E-state index in [-0.39, 0.29) is 11.8 Å². The van der Waals surface area contributed by atoms with Crippen molar-refractivity contribution in [2.45, 2.75) is 25.7 Å². The molecule has 1 aliphatic rings. The molecule has 5 nitrogen and oxygen atoms in total. The minimum atomic E-state index is -0.149. The second-order valence-electron chi connectivity index (χ2n) is 5.54. The van der Waals surface area contributed by atoms with Crippen molar-refractivity contribution in [1.29, 1.82) is 0 Å². The zero-order valence-electron chi connectivity index (χ0n) is 13.1. The molecule has 5 heteroatoms. The maximum Gasteiger partial charge on any atom is 0.253 e. The Labute approximate surface area is 131 Å². The first-order chi connectivity index (χ1) is 10.7. The van der Waals surface area contributed by atoms with Gasteiger partial charge in [0.25, 0.3) is 11.8 Å². The van der Waals surface area contributed by atoms with Gasteiger partial charge in [-0.05, 0) is 43.9 Å². The number of methoxy groups -OCH3 is 1. The highest BCUT2D eigenvalue weighted by Crippen LogP contribution is 2.14. The van der Waals surface area contributed by atoms with Crippen LogP contribution in [0, 0.1) is 0 Å². The number of carbonyl (C=O) groups excluding carboxylic acids is 2. The summed E-state index contributed by atoms with van der Waals surface area (Å²) < 4.78 is 4.95. The summed E-state index contributed by atoms with van der Waals surface area (Å²) in [6.45, 7) is 2.81. The van der Waals surface area contributed by atoms with Gasteiger partial charge in [0.15, 0.2) is 0 Å². The molecule has 0 atom stereocenters. The van der Waals surface area contributed by atoms with E-state index in [1.165, 1.54) is 6.42 Å².